The monoisotopic (exact) mass is 303 g/mol. The van der Waals surface area contributed by atoms with Gasteiger partial charge in [-0.3, -0.25) is 0 Å². The molecule has 0 saturated heterocycles. The largest absolute Gasteiger partial charge is 0.397 e. The Hall–Kier alpha value is -0.850. The normalized spacial score (nSPS) is 10.5. The van der Waals surface area contributed by atoms with Crippen LogP contribution in [0.25, 0.3) is 0 Å². The van der Waals surface area contributed by atoms with E-state index in [1.54, 1.807) is 20.4 Å². The molecule has 0 radical (unpaired) electrons. The van der Waals surface area contributed by atoms with Gasteiger partial charge in [-0.05, 0) is 22.0 Å². The molecular formula is C11H18BrN3O2. The van der Waals surface area contributed by atoms with E-state index >= 15 is 0 Å². The molecule has 2 N–H and O–H groups in total. The lowest BCUT2D eigenvalue weighted by Crippen LogP contribution is -2.31. The van der Waals surface area contributed by atoms with Crippen LogP contribution in [0.15, 0.2) is 16.7 Å². The van der Waals surface area contributed by atoms with E-state index in [-0.39, 0.29) is 0 Å². The van der Waals surface area contributed by atoms with Gasteiger partial charge < -0.3 is 20.1 Å². The van der Waals surface area contributed by atoms with Crippen LogP contribution in [-0.4, -0.2) is 45.5 Å². The summed E-state index contributed by atoms with van der Waals surface area (Å²) in [6, 6.07) is 1.84. The zero-order valence-corrected chi connectivity index (χ0v) is 11.7. The quantitative estimate of drug-likeness (QED) is 0.828. The van der Waals surface area contributed by atoms with Gasteiger partial charge in [-0.15, -0.1) is 0 Å². The molecule has 0 fully saturated rings. The highest BCUT2D eigenvalue weighted by Crippen LogP contribution is 2.25. The van der Waals surface area contributed by atoms with Crippen LogP contribution in [0.3, 0.4) is 0 Å². The van der Waals surface area contributed by atoms with E-state index in [9.17, 15) is 0 Å². The van der Waals surface area contributed by atoms with Gasteiger partial charge in [-0.2, -0.15) is 0 Å². The summed E-state index contributed by atoms with van der Waals surface area (Å²) >= 11 is 3.47. The number of aromatic nitrogens is 1. The molecule has 17 heavy (non-hydrogen) atoms. The van der Waals surface area contributed by atoms with E-state index in [0.29, 0.717) is 18.9 Å². The third kappa shape index (κ3) is 4.49. The fraction of sp³-hybridized carbons (Fsp3) is 0.545. The molecule has 0 spiro atoms. The lowest BCUT2D eigenvalue weighted by atomic mass is 10.3. The van der Waals surface area contributed by atoms with Crippen molar-refractivity contribution in [1.82, 2.24) is 4.98 Å². The first-order valence-electron chi connectivity index (χ1n) is 5.33. The summed E-state index contributed by atoms with van der Waals surface area (Å²) in [5, 5.41) is 0. The number of pyridine rings is 1. The third-order valence-corrected chi connectivity index (χ3v) is 2.86. The van der Waals surface area contributed by atoms with Gasteiger partial charge in [0, 0.05) is 27.3 Å². The third-order valence-electron chi connectivity index (χ3n) is 2.27. The first kappa shape index (κ1) is 14.2. The van der Waals surface area contributed by atoms with Gasteiger partial charge in [0.15, 0.2) is 0 Å². The number of hydrogen-bond acceptors (Lipinski definition) is 5. The van der Waals surface area contributed by atoms with Crippen molar-refractivity contribution in [3.63, 3.8) is 0 Å². The molecule has 0 aliphatic heterocycles. The Bertz CT molecular complexity index is 341. The Balaban J connectivity index is 2.79. The van der Waals surface area contributed by atoms with Gasteiger partial charge in [-0.1, -0.05) is 0 Å². The molecule has 96 valence electrons. The van der Waals surface area contributed by atoms with E-state index in [4.69, 9.17) is 15.2 Å². The number of halogens is 1. The summed E-state index contributed by atoms with van der Waals surface area (Å²) in [5.74, 6) is 0.855. The van der Waals surface area contributed by atoms with Crippen LogP contribution in [0, 0.1) is 0 Å². The van der Waals surface area contributed by atoms with E-state index in [1.807, 2.05) is 6.07 Å². The minimum Gasteiger partial charge on any atom is -0.397 e. The summed E-state index contributed by atoms with van der Waals surface area (Å²) < 4.78 is 11.1. The summed E-state index contributed by atoms with van der Waals surface area (Å²) in [6.07, 6.45) is 1.65. The molecule has 6 heteroatoms. The van der Waals surface area contributed by atoms with Crippen molar-refractivity contribution in [2.24, 2.45) is 0 Å². The van der Waals surface area contributed by atoms with E-state index < -0.39 is 0 Å². The van der Waals surface area contributed by atoms with Crippen LogP contribution in [0.2, 0.25) is 0 Å². The lowest BCUT2D eigenvalue weighted by molar-refractivity contribution is 0.190. The second kappa shape index (κ2) is 7.47. The van der Waals surface area contributed by atoms with Crippen molar-refractivity contribution < 1.29 is 9.47 Å². The molecule has 1 aromatic rings. The van der Waals surface area contributed by atoms with Crippen molar-refractivity contribution in [2.45, 2.75) is 0 Å². The maximum absolute atomic E-state index is 5.67. The van der Waals surface area contributed by atoms with E-state index in [0.717, 1.165) is 23.4 Å². The fourth-order valence-electron chi connectivity index (χ4n) is 1.40. The standard InChI is InChI=1S/C11H18BrN3O2/c1-16-5-3-15(4-6-17-2)11-10(12)7-9(13)8-14-11/h7-8H,3-6,13H2,1-2H3. The Labute approximate surface area is 110 Å². The van der Waals surface area contributed by atoms with Gasteiger partial charge in [0.25, 0.3) is 0 Å². The van der Waals surface area contributed by atoms with Crippen LogP contribution in [0.5, 0.6) is 0 Å². The Morgan fingerprint density at radius 3 is 2.35 bits per heavy atom. The molecule has 0 aromatic carbocycles. The molecule has 1 rings (SSSR count). The van der Waals surface area contributed by atoms with E-state index in [1.165, 1.54) is 0 Å². The molecule has 0 bridgehead atoms. The van der Waals surface area contributed by atoms with Crippen LogP contribution in [-0.2, 0) is 9.47 Å². The topological polar surface area (TPSA) is 60.6 Å². The minimum atomic E-state index is 0.638. The van der Waals surface area contributed by atoms with Crippen LogP contribution < -0.4 is 10.6 Å². The number of nitrogens with zero attached hydrogens (tertiary/aromatic N) is 2. The first-order chi connectivity index (χ1) is 8.19. The summed E-state index contributed by atoms with van der Waals surface area (Å²) in [7, 11) is 3.36. The number of ether oxygens (including phenoxy) is 2. The summed E-state index contributed by atoms with van der Waals surface area (Å²) in [4.78, 5) is 6.42. The first-order valence-corrected chi connectivity index (χ1v) is 6.12. The van der Waals surface area contributed by atoms with Crippen molar-refractivity contribution >= 4 is 27.4 Å². The van der Waals surface area contributed by atoms with Crippen molar-refractivity contribution in [3.05, 3.63) is 16.7 Å². The van der Waals surface area contributed by atoms with Crippen LogP contribution >= 0.6 is 15.9 Å². The molecule has 0 amide bonds. The summed E-state index contributed by atoms with van der Waals surface area (Å²) in [5.41, 5.74) is 6.31. The molecule has 0 atom stereocenters. The smallest absolute Gasteiger partial charge is 0.143 e. The molecule has 0 aliphatic rings. The van der Waals surface area contributed by atoms with Crippen molar-refractivity contribution in [3.8, 4) is 0 Å². The predicted octanol–water partition coefficient (Wildman–Crippen LogP) is 1.53. The number of nitrogen functional groups attached to an aromatic ring is 1. The molecule has 1 heterocycles. The summed E-state index contributed by atoms with van der Waals surface area (Å²) in [6.45, 7) is 2.80. The fourth-order valence-corrected chi connectivity index (χ4v) is 2.02. The SMILES string of the molecule is COCCN(CCOC)c1ncc(N)cc1Br. The number of anilines is 2. The molecule has 0 saturated carbocycles. The zero-order valence-electron chi connectivity index (χ0n) is 10.1. The average molecular weight is 304 g/mol. The highest BCUT2D eigenvalue weighted by atomic mass is 79.9. The predicted molar refractivity (Wildman–Crippen MR) is 72.3 cm³/mol. The number of hydrogen-bond donors (Lipinski definition) is 1. The molecule has 0 aliphatic carbocycles. The maximum Gasteiger partial charge on any atom is 0.143 e. The van der Waals surface area contributed by atoms with Crippen LogP contribution in [0.1, 0.15) is 0 Å². The Kier molecular flexibility index (Phi) is 6.25. The second-order valence-electron chi connectivity index (χ2n) is 3.55. The average Bonchev–Trinajstić information content (AvgIpc) is 2.30. The second-order valence-corrected chi connectivity index (χ2v) is 4.40. The van der Waals surface area contributed by atoms with Crippen molar-refractivity contribution in [1.29, 1.82) is 0 Å². The van der Waals surface area contributed by atoms with Gasteiger partial charge in [0.2, 0.25) is 0 Å². The molecule has 5 nitrogen and oxygen atoms in total. The number of nitrogens with two attached hydrogens (primary N) is 1. The minimum absolute atomic E-state index is 0.638. The van der Waals surface area contributed by atoms with Gasteiger partial charge in [0.1, 0.15) is 5.82 Å². The van der Waals surface area contributed by atoms with Gasteiger partial charge in [-0.25, -0.2) is 4.98 Å². The highest BCUT2D eigenvalue weighted by Gasteiger charge is 2.11. The lowest BCUT2D eigenvalue weighted by Gasteiger charge is -2.24. The Morgan fingerprint density at radius 1 is 1.29 bits per heavy atom. The van der Waals surface area contributed by atoms with Gasteiger partial charge in [0.05, 0.1) is 29.6 Å². The van der Waals surface area contributed by atoms with Crippen LogP contribution in [0.4, 0.5) is 11.5 Å². The number of rotatable bonds is 7. The zero-order chi connectivity index (χ0) is 12.7. The Morgan fingerprint density at radius 2 is 1.88 bits per heavy atom. The number of methoxy groups -OCH3 is 2. The maximum atomic E-state index is 5.67. The van der Waals surface area contributed by atoms with Gasteiger partial charge >= 0.3 is 0 Å². The highest BCUT2D eigenvalue weighted by molar-refractivity contribution is 9.10. The molecule has 0 unspecified atom stereocenters. The van der Waals surface area contributed by atoms with E-state index in [2.05, 4.69) is 25.8 Å². The molecule has 1 aromatic heterocycles. The van der Waals surface area contributed by atoms with Crippen molar-refractivity contribution in [2.75, 3.05) is 51.2 Å². The molecular weight excluding hydrogens is 286 g/mol.